The van der Waals surface area contributed by atoms with Crippen molar-refractivity contribution in [1.29, 1.82) is 0 Å². The van der Waals surface area contributed by atoms with Crippen molar-refractivity contribution in [1.82, 2.24) is 0 Å². The number of halogens is 2. The lowest BCUT2D eigenvalue weighted by Gasteiger charge is -2.02. The zero-order chi connectivity index (χ0) is 12.3. The molecule has 0 aliphatic heterocycles. The van der Waals surface area contributed by atoms with Gasteiger partial charge in [0.2, 0.25) is 0 Å². The normalized spacial score (nSPS) is 12.4. The second kappa shape index (κ2) is 5.19. The van der Waals surface area contributed by atoms with E-state index < -0.39 is 10.8 Å². The SMILES string of the molecule is O=[S@@](Cc1ccc(F)cc1)c1ccc(F)cc1. The fourth-order valence-electron chi connectivity index (χ4n) is 1.40. The van der Waals surface area contributed by atoms with Crippen LogP contribution in [0.15, 0.2) is 53.4 Å². The van der Waals surface area contributed by atoms with E-state index in [9.17, 15) is 13.0 Å². The summed E-state index contributed by atoms with van der Waals surface area (Å²) in [5.41, 5.74) is 0.786. The molecule has 2 rings (SSSR count). The molecule has 2 aromatic carbocycles. The zero-order valence-corrected chi connectivity index (χ0v) is 9.71. The van der Waals surface area contributed by atoms with Crippen molar-refractivity contribution in [3.8, 4) is 0 Å². The topological polar surface area (TPSA) is 17.1 Å². The number of benzene rings is 2. The van der Waals surface area contributed by atoms with E-state index >= 15 is 0 Å². The molecule has 0 spiro atoms. The van der Waals surface area contributed by atoms with Gasteiger partial charge in [-0.15, -0.1) is 0 Å². The number of rotatable bonds is 3. The van der Waals surface area contributed by atoms with Crippen LogP contribution in [0.1, 0.15) is 5.56 Å². The van der Waals surface area contributed by atoms with Gasteiger partial charge in [-0.1, -0.05) is 12.1 Å². The van der Waals surface area contributed by atoms with E-state index in [-0.39, 0.29) is 11.6 Å². The van der Waals surface area contributed by atoms with E-state index in [1.165, 1.54) is 36.4 Å². The first kappa shape index (κ1) is 11.9. The summed E-state index contributed by atoms with van der Waals surface area (Å²) < 4.78 is 37.3. The predicted molar refractivity (Wildman–Crippen MR) is 62.9 cm³/mol. The van der Waals surface area contributed by atoms with Crippen LogP contribution in [0.4, 0.5) is 8.78 Å². The van der Waals surface area contributed by atoms with E-state index in [1.54, 1.807) is 12.1 Å². The van der Waals surface area contributed by atoms with Gasteiger partial charge in [-0.3, -0.25) is 4.21 Å². The van der Waals surface area contributed by atoms with Crippen LogP contribution in [-0.4, -0.2) is 4.21 Å². The Balaban J connectivity index is 2.11. The highest BCUT2D eigenvalue weighted by molar-refractivity contribution is 7.84. The highest BCUT2D eigenvalue weighted by Crippen LogP contribution is 2.13. The number of hydrogen-bond acceptors (Lipinski definition) is 1. The van der Waals surface area contributed by atoms with E-state index in [1.807, 2.05) is 0 Å². The summed E-state index contributed by atoms with van der Waals surface area (Å²) in [4.78, 5) is 0.565. The van der Waals surface area contributed by atoms with E-state index in [0.717, 1.165) is 5.56 Å². The molecule has 0 N–H and O–H groups in total. The Kier molecular flexibility index (Phi) is 3.64. The van der Waals surface area contributed by atoms with E-state index in [4.69, 9.17) is 0 Å². The molecule has 0 fully saturated rings. The van der Waals surface area contributed by atoms with E-state index in [0.29, 0.717) is 10.6 Å². The Bertz CT molecular complexity index is 520. The monoisotopic (exact) mass is 252 g/mol. The van der Waals surface area contributed by atoms with Crippen LogP contribution in [-0.2, 0) is 16.6 Å². The van der Waals surface area contributed by atoms with Gasteiger partial charge in [0.1, 0.15) is 11.6 Å². The third kappa shape index (κ3) is 3.20. The molecule has 0 heterocycles. The first-order valence-corrected chi connectivity index (χ1v) is 6.35. The largest absolute Gasteiger partial charge is 0.254 e. The van der Waals surface area contributed by atoms with Gasteiger partial charge < -0.3 is 0 Å². The quantitative estimate of drug-likeness (QED) is 0.819. The maximum atomic E-state index is 12.7. The summed E-state index contributed by atoms with van der Waals surface area (Å²) in [7, 11) is -1.24. The summed E-state index contributed by atoms with van der Waals surface area (Å²) in [5, 5.41) is 0. The molecule has 0 aliphatic rings. The lowest BCUT2D eigenvalue weighted by molar-refractivity contribution is 0.625. The summed E-state index contributed by atoms with van der Waals surface area (Å²) in [6, 6.07) is 11.4. The van der Waals surface area contributed by atoms with Crippen LogP contribution >= 0.6 is 0 Å². The maximum absolute atomic E-state index is 12.7. The van der Waals surface area contributed by atoms with Crippen LogP contribution in [0.3, 0.4) is 0 Å². The first-order chi connectivity index (χ1) is 8.15. The van der Waals surface area contributed by atoms with Gasteiger partial charge in [0, 0.05) is 4.90 Å². The lowest BCUT2D eigenvalue weighted by atomic mass is 10.2. The molecule has 4 heteroatoms. The van der Waals surface area contributed by atoms with Crippen molar-refractivity contribution < 1.29 is 13.0 Å². The molecular formula is C13H10F2OS. The molecule has 0 amide bonds. The van der Waals surface area contributed by atoms with Crippen molar-refractivity contribution >= 4 is 10.8 Å². The Morgan fingerprint density at radius 1 is 0.824 bits per heavy atom. The smallest absolute Gasteiger partial charge is 0.123 e. The van der Waals surface area contributed by atoms with Gasteiger partial charge in [0.05, 0.1) is 16.6 Å². The molecule has 17 heavy (non-hydrogen) atoms. The van der Waals surface area contributed by atoms with Gasteiger partial charge in [0.25, 0.3) is 0 Å². The summed E-state index contributed by atoms with van der Waals surface area (Å²) >= 11 is 0. The second-order valence-electron chi connectivity index (χ2n) is 3.57. The zero-order valence-electron chi connectivity index (χ0n) is 8.90. The Morgan fingerprint density at radius 2 is 1.29 bits per heavy atom. The highest BCUT2D eigenvalue weighted by atomic mass is 32.2. The molecule has 0 aromatic heterocycles. The van der Waals surface area contributed by atoms with Crippen molar-refractivity contribution in [2.24, 2.45) is 0 Å². The Hall–Kier alpha value is -1.55. The Labute approximate surface area is 101 Å². The summed E-state index contributed by atoms with van der Waals surface area (Å²) in [6.07, 6.45) is 0. The number of hydrogen-bond donors (Lipinski definition) is 0. The fraction of sp³-hybridized carbons (Fsp3) is 0.0769. The van der Waals surface area contributed by atoms with Gasteiger partial charge in [-0.05, 0) is 42.0 Å². The third-order valence-corrected chi connectivity index (χ3v) is 3.68. The molecule has 0 radical (unpaired) electrons. The second-order valence-corrected chi connectivity index (χ2v) is 5.02. The van der Waals surface area contributed by atoms with Gasteiger partial charge in [-0.25, -0.2) is 8.78 Å². The van der Waals surface area contributed by atoms with Crippen LogP contribution in [0.25, 0.3) is 0 Å². The third-order valence-electron chi connectivity index (χ3n) is 2.29. The standard InChI is InChI=1S/C13H10F2OS/c14-11-3-1-10(2-4-11)9-17(16)13-7-5-12(15)6-8-13/h1-8H,9H2/t17-/m0/s1. The first-order valence-electron chi connectivity index (χ1n) is 5.03. The van der Waals surface area contributed by atoms with Crippen LogP contribution in [0.5, 0.6) is 0 Å². The lowest BCUT2D eigenvalue weighted by Crippen LogP contribution is -1.96. The molecule has 0 saturated carbocycles. The predicted octanol–water partition coefficient (Wildman–Crippen LogP) is 3.27. The van der Waals surface area contributed by atoms with E-state index in [2.05, 4.69) is 0 Å². The van der Waals surface area contributed by atoms with Crippen molar-refractivity contribution in [2.45, 2.75) is 10.6 Å². The van der Waals surface area contributed by atoms with Gasteiger partial charge >= 0.3 is 0 Å². The molecule has 0 aliphatic carbocycles. The van der Waals surface area contributed by atoms with Crippen molar-refractivity contribution in [2.75, 3.05) is 0 Å². The molecule has 88 valence electrons. The van der Waals surface area contributed by atoms with Crippen LogP contribution in [0, 0.1) is 11.6 Å². The fourth-order valence-corrected chi connectivity index (χ4v) is 2.50. The van der Waals surface area contributed by atoms with Gasteiger partial charge in [-0.2, -0.15) is 0 Å². The molecular weight excluding hydrogens is 242 g/mol. The average Bonchev–Trinajstić information content (AvgIpc) is 2.33. The minimum Gasteiger partial charge on any atom is -0.254 e. The minimum absolute atomic E-state index is 0.298. The summed E-state index contributed by atoms with van der Waals surface area (Å²) in [5.74, 6) is -0.375. The van der Waals surface area contributed by atoms with Gasteiger partial charge in [0.15, 0.2) is 0 Å². The molecule has 0 unspecified atom stereocenters. The molecule has 1 atom stereocenters. The molecule has 0 bridgehead atoms. The van der Waals surface area contributed by atoms with Crippen LogP contribution < -0.4 is 0 Å². The van der Waals surface area contributed by atoms with Crippen LogP contribution in [0.2, 0.25) is 0 Å². The van der Waals surface area contributed by atoms with Crippen molar-refractivity contribution in [3.05, 3.63) is 65.7 Å². The minimum atomic E-state index is -1.24. The Morgan fingerprint density at radius 3 is 1.82 bits per heavy atom. The summed E-state index contributed by atoms with van der Waals surface area (Å²) in [6.45, 7) is 0. The molecule has 1 nitrogen and oxygen atoms in total. The maximum Gasteiger partial charge on any atom is 0.123 e. The molecule has 2 aromatic rings. The van der Waals surface area contributed by atoms with Crippen molar-refractivity contribution in [3.63, 3.8) is 0 Å². The molecule has 0 saturated heterocycles. The average molecular weight is 252 g/mol. The highest BCUT2D eigenvalue weighted by Gasteiger charge is 2.05.